The van der Waals surface area contributed by atoms with Crippen LogP contribution in [0.25, 0.3) is 11.1 Å². The summed E-state index contributed by atoms with van der Waals surface area (Å²) in [4.78, 5) is 34.2. The van der Waals surface area contributed by atoms with Crippen molar-refractivity contribution in [1.82, 2.24) is 14.9 Å². The van der Waals surface area contributed by atoms with Gasteiger partial charge < -0.3 is 4.90 Å². The first-order valence-electron chi connectivity index (χ1n) is 9.89. The summed E-state index contributed by atoms with van der Waals surface area (Å²) in [6.45, 7) is 2.44. The second-order valence-corrected chi connectivity index (χ2v) is 7.53. The van der Waals surface area contributed by atoms with Gasteiger partial charge in [0.15, 0.2) is 5.78 Å². The van der Waals surface area contributed by atoms with E-state index in [2.05, 4.69) is 9.97 Å². The van der Waals surface area contributed by atoms with Crippen molar-refractivity contribution in [2.45, 2.75) is 32.7 Å². The Morgan fingerprint density at radius 1 is 0.900 bits per heavy atom. The zero-order chi connectivity index (χ0) is 21.5. The van der Waals surface area contributed by atoms with Crippen LogP contribution in [0.15, 0.2) is 60.9 Å². The van der Waals surface area contributed by atoms with Gasteiger partial charge in [-0.05, 0) is 35.2 Å². The van der Waals surface area contributed by atoms with E-state index < -0.39 is 0 Å². The molecule has 0 aliphatic carbocycles. The number of benzene rings is 1. The van der Waals surface area contributed by atoms with E-state index in [0.717, 1.165) is 22.3 Å². The van der Waals surface area contributed by atoms with E-state index in [1.54, 1.807) is 29.4 Å². The van der Waals surface area contributed by atoms with Crippen molar-refractivity contribution < 1.29 is 9.59 Å². The Labute approximate surface area is 181 Å². The van der Waals surface area contributed by atoms with Crippen molar-refractivity contribution in [2.24, 2.45) is 0 Å². The SMILES string of the molecule is CCC(=O)N(C)Cc1ccc(-c2ccc(C(=O)CCc3ccc(Cl)nc3)nc2)cc1. The van der Waals surface area contributed by atoms with E-state index in [1.165, 1.54) is 0 Å². The minimum atomic E-state index is -0.00419. The van der Waals surface area contributed by atoms with Gasteiger partial charge in [-0.1, -0.05) is 54.9 Å². The van der Waals surface area contributed by atoms with Crippen LogP contribution in [-0.4, -0.2) is 33.6 Å². The van der Waals surface area contributed by atoms with Gasteiger partial charge in [0.2, 0.25) is 5.91 Å². The fourth-order valence-electron chi connectivity index (χ4n) is 3.10. The number of halogens is 1. The topological polar surface area (TPSA) is 63.2 Å². The number of nitrogens with zero attached hydrogens (tertiary/aromatic N) is 3. The van der Waals surface area contributed by atoms with Crippen molar-refractivity contribution >= 4 is 23.3 Å². The zero-order valence-corrected chi connectivity index (χ0v) is 17.9. The first-order valence-corrected chi connectivity index (χ1v) is 10.3. The molecule has 2 aromatic heterocycles. The fourth-order valence-corrected chi connectivity index (χ4v) is 3.22. The molecule has 1 amide bonds. The van der Waals surface area contributed by atoms with Gasteiger partial charge in [-0.3, -0.25) is 14.6 Å². The van der Waals surface area contributed by atoms with Gasteiger partial charge in [0, 0.05) is 44.4 Å². The second-order valence-electron chi connectivity index (χ2n) is 7.14. The number of hydrogen-bond donors (Lipinski definition) is 0. The first kappa shape index (κ1) is 21.7. The second kappa shape index (κ2) is 10.1. The molecule has 6 heteroatoms. The maximum atomic E-state index is 12.4. The number of aryl methyl sites for hydroxylation is 1. The number of hydrogen-bond acceptors (Lipinski definition) is 4. The normalized spacial score (nSPS) is 10.6. The molecule has 3 aromatic rings. The summed E-state index contributed by atoms with van der Waals surface area (Å²) in [6.07, 6.45) is 4.88. The molecule has 0 spiro atoms. The largest absolute Gasteiger partial charge is 0.341 e. The number of carbonyl (C=O) groups excluding carboxylic acids is 2. The first-order chi connectivity index (χ1) is 14.5. The van der Waals surface area contributed by atoms with E-state index in [4.69, 9.17) is 11.6 Å². The molecule has 0 fully saturated rings. The number of Topliss-reactive ketones (excluding diaryl/α,β-unsaturated/α-hetero) is 1. The molecular weight excluding hydrogens is 398 g/mol. The van der Waals surface area contributed by atoms with Gasteiger partial charge in [-0.2, -0.15) is 0 Å². The third-order valence-electron chi connectivity index (χ3n) is 4.91. The average Bonchev–Trinajstić information content (AvgIpc) is 2.78. The van der Waals surface area contributed by atoms with Crippen LogP contribution >= 0.6 is 11.6 Å². The third-order valence-corrected chi connectivity index (χ3v) is 5.14. The molecule has 0 saturated heterocycles. The molecule has 0 bridgehead atoms. The lowest BCUT2D eigenvalue weighted by Gasteiger charge is -2.16. The molecule has 154 valence electrons. The van der Waals surface area contributed by atoms with Crippen LogP contribution in [0.5, 0.6) is 0 Å². The van der Waals surface area contributed by atoms with E-state index in [0.29, 0.717) is 36.7 Å². The zero-order valence-electron chi connectivity index (χ0n) is 17.1. The lowest BCUT2D eigenvalue weighted by atomic mass is 10.0. The van der Waals surface area contributed by atoms with Crippen molar-refractivity contribution in [3.8, 4) is 11.1 Å². The molecule has 0 radical (unpaired) electrons. The number of ketones is 1. The molecular formula is C24H24ClN3O2. The van der Waals surface area contributed by atoms with Gasteiger partial charge in [-0.25, -0.2) is 4.98 Å². The number of aromatic nitrogens is 2. The molecule has 0 saturated carbocycles. The smallest absolute Gasteiger partial charge is 0.222 e. The van der Waals surface area contributed by atoms with Crippen LogP contribution in [0, 0.1) is 0 Å². The highest BCUT2D eigenvalue weighted by Gasteiger charge is 2.10. The lowest BCUT2D eigenvalue weighted by molar-refractivity contribution is -0.130. The van der Waals surface area contributed by atoms with Gasteiger partial charge in [0.25, 0.3) is 0 Å². The Kier molecular flexibility index (Phi) is 7.31. The van der Waals surface area contributed by atoms with Crippen LogP contribution in [-0.2, 0) is 17.8 Å². The summed E-state index contributed by atoms with van der Waals surface area (Å²) < 4.78 is 0. The Morgan fingerprint density at radius 2 is 1.60 bits per heavy atom. The van der Waals surface area contributed by atoms with Crippen LogP contribution in [0.2, 0.25) is 5.15 Å². The van der Waals surface area contributed by atoms with Crippen molar-refractivity contribution in [3.63, 3.8) is 0 Å². The molecule has 1 aromatic carbocycles. The van der Waals surface area contributed by atoms with E-state index >= 15 is 0 Å². The van der Waals surface area contributed by atoms with Gasteiger partial charge in [-0.15, -0.1) is 0 Å². The molecule has 0 unspecified atom stereocenters. The molecule has 30 heavy (non-hydrogen) atoms. The van der Waals surface area contributed by atoms with Crippen molar-refractivity contribution in [3.05, 3.63) is 82.9 Å². The number of carbonyl (C=O) groups is 2. The summed E-state index contributed by atoms with van der Waals surface area (Å²) in [6, 6.07) is 15.3. The number of rotatable bonds is 8. The highest BCUT2D eigenvalue weighted by Crippen LogP contribution is 2.20. The molecule has 0 aliphatic heterocycles. The summed E-state index contributed by atoms with van der Waals surface area (Å²) >= 11 is 5.78. The summed E-state index contributed by atoms with van der Waals surface area (Å²) in [5, 5.41) is 0.442. The van der Waals surface area contributed by atoms with Crippen molar-refractivity contribution in [1.29, 1.82) is 0 Å². The summed E-state index contributed by atoms with van der Waals surface area (Å²) in [5.41, 5.74) is 4.45. The van der Waals surface area contributed by atoms with Gasteiger partial charge >= 0.3 is 0 Å². The molecule has 5 nitrogen and oxygen atoms in total. The van der Waals surface area contributed by atoms with Crippen molar-refractivity contribution in [2.75, 3.05) is 7.05 Å². The minimum Gasteiger partial charge on any atom is -0.341 e. The standard InChI is InChI=1S/C24H24ClN3O2/c1-3-24(30)28(2)16-18-4-8-19(9-5-18)20-10-11-21(26-15-20)22(29)12-6-17-7-13-23(25)27-14-17/h4-5,7-11,13-15H,3,6,12,16H2,1-2H3. The molecule has 0 aliphatic rings. The third kappa shape index (κ3) is 5.74. The summed E-state index contributed by atoms with van der Waals surface area (Å²) in [5.74, 6) is 0.117. The van der Waals surface area contributed by atoms with E-state index in [-0.39, 0.29) is 11.7 Å². The predicted molar refractivity (Wildman–Crippen MR) is 118 cm³/mol. The van der Waals surface area contributed by atoms with E-state index in [9.17, 15) is 9.59 Å². The maximum absolute atomic E-state index is 12.4. The van der Waals surface area contributed by atoms with Crippen LogP contribution in [0.1, 0.15) is 41.4 Å². The highest BCUT2D eigenvalue weighted by molar-refractivity contribution is 6.29. The summed E-state index contributed by atoms with van der Waals surface area (Å²) in [7, 11) is 1.81. The Bertz CT molecular complexity index is 1000. The molecule has 0 atom stereocenters. The quantitative estimate of drug-likeness (QED) is 0.380. The molecule has 0 N–H and O–H groups in total. The van der Waals surface area contributed by atoms with Crippen LogP contribution in [0.4, 0.5) is 0 Å². The lowest BCUT2D eigenvalue weighted by Crippen LogP contribution is -2.25. The number of amides is 1. The Morgan fingerprint density at radius 3 is 2.20 bits per heavy atom. The minimum absolute atomic E-state index is 0.00419. The molecule has 3 rings (SSSR count). The highest BCUT2D eigenvalue weighted by atomic mass is 35.5. The Balaban J connectivity index is 1.60. The Hall–Kier alpha value is -3.05. The molecule has 2 heterocycles. The van der Waals surface area contributed by atoms with Crippen LogP contribution in [0.3, 0.4) is 0 Å². The average molecular weight is 422 g/mol. The van der Waals surface area contributed by atoms with Gasteiger partial charge in [0.1, 0.15) is 10.8 Å². The maximum Gasteiger partial charge on any atom is 0.222 e. The fraction of sp³-hybridized carbons (Fsp3) is 0.250. The van der Waals surface area contributed by atoms with Crippen LogP contribution < -0.4 is 0 Å². The monoisotopic (exact) mass is 421 g/mol. The number of pyridine rings is 2. The van der Waals surface area contributed by atoms with Gasteiger partial charge in [0.05, 0.1) is 0 Å². The van der Waals surface area contributed by atoms with E-state index in [1.807, 2.05) is 50.4 Å². The predicted octanol–water partition coefficient (Wildman–Crippen LogP) is 4.98.